The molecule has 0 bridgehead atoms. The van der Waals surface area contributed by atoms with Gasteiger partial charge < -0.3 is 15.6 Å². The summed E-state index contributed by atoms with van der Waals surface area (Å²) in [7, 11) is 1.64. The molecule has 0 aliphatic heterocycles. The summed E-state index contributed by atoms with van der Waals surface area (Å²) < 4.78 is 5.33. The van der Waals surface area contributed by atoms with E-state index >= 15 is 0 Å². The van der Waals surface area contributed by atoms with Gasteiger partial charge in [-0.05, 0) is 26.5 Å². The van der Waals surface area contributed by atoms with Crippen molar-refractivity contribution in [2.75, 3.05) is 25.9 Å². The van der Waals surface area contributed by atoms with Gasteiger partial charge in [-0.2, -0.15) is 0 Å². The number of rotatable bonds is 6. The van der Waals surface area contributed by atoms with Gasteiger partial charge in [0.15, 0.2) is 0 Å². The van der Waals surface area contributed by atoms with Crippen LogP contribution >= 0.6 is 0 Å². The summed E-state index contributed by atoms with van der Waals surface area (Å²) >= 11 is 0. The lowest BCUT2D eigenvalue weighted by Gasteiger charge is -2.28. The summed E-state index contributed by atoms with van der Waals surface area (Å²) in [6.07, 6.45) is 0. The molecule has 0 heterocycles. The van der Waals surface area contributed by atoms with Gasteiger partial charge in [0.2, 0.25) is 0 Å². The van der Waals surface area contributed by atoms with Crippen molar-refractivity contribution in [2.24, 2.45) is 0 Å². The third-order valence-corrected chi connectivity index (χ3v) is 2.76. The zero-order chi connectivity index (χ0) is 13.8. The standard InChI is InChI=1S/C14H24N2O2/c1-5-16(10-14(2,3)17)9-11-6-7-12(15)8-13(11)18-4/h6-8,17H,5,9-10,15H2,1-4H3. The van der Waals surface area contributed by atoms with Crippen molar-refractivity contribution in [1.29, 1.82) is 0 Å². The Morgan fingerprint density at radius 2 is 2.06 bits per heavy atom. The summed E-state index contributed by atoms with van der Waals surface area (Å²) in [5.74, 6) is 0.796. The summed E-state index contributed by atoms with van der Waals surface area (Å²) in [4.78, 5) is 2.17. The normalized spacial score (nSPS) is 11.9. The highest BCUT2D eigenvalue weighted by molar-refractivity contribution is 5.48. The third-order valence-electron chi connectivity index (χ3n) is 2.76. The van der Waals surface area contributed by atoms with Gasteiger partial charge in [-0.15, -0.1) is 0 Å². The molecular weight excluding hydrogens is 228 g/mol. The first-order valence-electron chi connectivity index (χ1n) is 6.23. The van der Waals surface area contributed by atoms with E-state index in [9.17, 15) is 5.11 Å². The molecule has 0 aliphatic carbocycles. The summed E-state index contributed by atoms with van der Waals surface area (Å²) in [5.41, 5.74) is 6.81. The fraction of sp³-hybridized carbons (Fsp3) is 0.571. The van der Waals surface area contributed by atoms with Crippen LogP contribution in [-0.2, 0) is 6.54 Å². The van der Waals surface area contributed by atoms with E-state index in [1.807, 2.05) is 32.0 Å². The Morgan fingerprint density at radius 1 is 1.39 bits per heavy atom. The minimum atomic E-state index is -0.697. The van der Waals surface area contributed by atoms with Crippen LogP contribution in [0.2, 0.25) is 0 Å². The molecule has 0 atom stereocenters. The second kappa shape index (κ2) is 6.07. The first-order valence-corrected chi connectivity index (χ1v) is 6.23. The average molecular weight is 252 g/mol. The van der Waals surface area contributed by atoms with E-state index < -0.39 is 5.60 Å². The van der Waals surface area contributed by atoms with Crippen LogP contribution in [0.15, 0.2) is 18.2 Å². The molecule has 18 heavy (non-hydrogen) atoms. The van der Waals surface area contributed by atoms with Crippen molar-refractivity contribution in [1.82, 2.24) is 4.90 Å². The van der Waals surface area contributed by atoms with Crippen LogP contribution in [0.25, 0.3) is 0 Å². The van der Waals surface area contributed by atoms with Gasteiger partial charge in [-0.3, -0.25) is 4.90 Å². The molecule has 0 unspecified atom stereocenters. The molecule has 1 aromatic rings. The maximum Gasteiger partial charge on any atom is 0.125 e. The van der Waals surface area contributed by atoms with Gasteiger partial charge >= 0.3 is 0 Å². The topological polar surface area (TPSA) is 58.7 Å². The van der Waals surface area contributed by atoms with Crippen molar-refractivity contribution in [3.63, 3.8) is 0 Å². The summed E-state index contributed by atoms with van der Waals surface area (Å²) in [5, 5.41) is 9.87. The van der Waals surface area contributed by atoms with Gasteiger partial charge in [0.1, 0.15) is 5.75 Å². The molecule has 0 fully saturated rings. The Hall–Kier alpha value is -1.26. The molecule has 1 aromatic carbocycles. The van der Waals surface area contributed by atoms with Crippen LogP contribution < -0.4 is 10.5 Å². The number of likely N-dealkylation sites (N-methyl/N-ethyl adjacent to an activating group) is 1. The molecule has 0 saturated carbocycles. The van der Waals surface area contributed by atoms with Crippen molar-refractivity contribution in [3.8, 4) is 5.75 Å². The average Bonchev–Trinajstić information content (AvgIpc) is 2.28. The fourth-order valence-electron chi connectivity index (χ4n) is 1.96. The lowest BCUT2D eigenvalue weighted by Crippen LogP contribution is -2.38. The SMILES string of the molecule is CCN(Cc1ccc(N)cc1OC)CC(C)(C)O. The molecule has 0 radical (unpaired) electrons. The van der Waals surface area contributed by atoms with Gasteiger partial charge in [-0.1, -0.05) is 13.0 Å². The van der Waals surface area contributed by atoms with Gasteiger partial charge in [0.25, 0.3) is 0 Å². The molecule has 102 valence electrons. The molecule has 1 rings (SSSR count). The molecule has 3 N–H and O–H groups in total. The number of anilines is 1. The first kappa shape index (κ1) is 14.8. The maximum atomic E-state index is 9.87. The highest BCUT2D eigenvalue weighted by Gasteiger charge is 2.18. The van der Waals surface area contributed by atoms with E-state index in [0.717, 1.165) is 24.4 Å². The van der Waals surface area contributed by atoms with Crippen molar-refractivity contribution in [2.45, 2.75) is 32.9 Å². The minimum Gasteiger partial charge on any atom is -0.496 e. The smallest absolute Gasteiger partial charge is 0.125 e. The van der Waals surface area contributed by atoms with Crippen LogP contribution in [0.3, 0.4) is 0 Å². The quantitative estimate of drug-likeness (QED) is 0.759. The van der Waals surface area contributed by atoms with Crippen molar-refractivity contribution in [3.05, 3.63) is 23.8 Å². The Balaban J connectivity index is 2.81. The van der Waals surface area contributed by atoms with Crippen LogP contribution in [-0.4, -0.2) is 35.8 Å². The predicted octanol–water partition coefficient (Wildman–Crippen LogP) is 1.87. The van der Waals surface area contributed by atoms with Crippen LogP contribution in [0.4, 0.5) is 5.69 Å². The van der Waals surface area contributed by atoms with Crippen molar-refractivity contribution < 1.29 is 9.84 Å². The predicted molar refractivity (Wildman–Crippen MR) is 74.7 cm³/mol. The second-order valence-corrected chi connectivity index (χ2v) is 5.19. The number of ether oxygens (including phenoxy) is 1. The number of nitrogens with two attached hydrogens (primary N) is 1. The number of hydrogen-bond acceptors (Lipinski definition) is 4. The number of nitrogens with zero attached hydrogens (tertiary/aromatic N) is 1. The molecule has 4 nitrogen and oxygen atoms in total. The largest absolute Gasteiger partial charge is 0.496 e. The Kier molecular flexibility index (Phi) is 4.99. The van der Waals surface area contributed by atoms with E-state index in [-0.39, 0.29) is 0 Å². The highest BCUT2D eigenvalue weighted by Crippen LogP contribution is 2.23. The second-order valence-electron chi connectivity index (χ2n) is 5.19. The number of methoxy groups -OCH3 is 1. The van der Waals surface area contributed by atoms with Crippen molar-refractivity contribution >= 4 is 5.69 Å². The minimum absolute atomic E-state index is 0.622. The molecule has 0 amide bonds. The van der Waals surface area contributed by atoms with Crippen LogP contribution in [0.1, 0.15) is 26.3 Å². The Labute approximate surface area is 109 Å². The zero-order valence-corrected chi connectivity index (χ0v) is 11.7. The highest BCUT2D eigenvalue weighted by atomic mass is 16.5. The number of hydrogen-bond donors (Lipinski definition) is 2. The summed E-state index contributed by atoms with van der Waals surface area (Å²) in [6, 6.07) is 5.67. The Morgan fingerprint density at radius 3 is 2.56 bits per heavy atom. The molecule has 0 saturated heterocycles. The van der Waals surface area contributed by atoms with Gasteiger partial charge in [0.05, 0.1) is 12.7 Å². The van der Waals surface area contributed by atoms with Crippen LogP contribution in [0.5, 0.6) is 5.75 Å². The molecule has 4 heteroatoms. The number of benzene rings is 1. The van der Waals surface area contributed by atoms with E-state index in [2.05, 4.69) is 11.8 Å². The fourth-order valence-corrected chi connectivity index (χ4v) is 1.96. The van der Waals surface area contributed by atoms with E-state index in [1.165, 1.54) is 0 Å². The van der Waals surface area contributed by atoms with E-state index in [4.69, 9.17) is 10.5 Å². The first-order chi connectivity index (χ1) is 8.35. The van der Waals surface area contributed by atoms with Crippen LogP contribution in [0, 0.1) is 0 Å². The van der Waals surface area contributed by atoms with Gasteiger partial charge in [0, 0.05) is 30.4 Å². The monoisotopic (exact) mass is 252 g/mol. The number of nitrogen functional groups attached to an aromatic ring is 1. The lowest BCUT2D eigenvalue weighted by atomic mass is 10.1. The van der Waals surface area contributed by atoms with E-state index in [1.54, 1.807) is 7.11 Å². The lowest BCUT2D eigenvalue weighted by molar-refractivity contribution is 0.0351. The van der Waals surface area contributed by atoms with Gasteiger partial charge in [-0.25, -0.2) is 0 Å². The maximum absolute atomic E-state index is 9.87. The Bertz CT molecular complexity index is 386. The zero-order valence-electron chi connectivity index (χ0n) is 11.7. The molecule has 0 aliphatic rings. The third kappa shape index (κ3) is 4.55. The van der Waals surface area contributed by atoms with E-state index in [0.29, 0.717) is 12.2 Å². The molecule has 0 aromatic heterocycles. The number of aliphatic hydroxyl groups is 1. The molecular formula is C14H24N2O2. The summed E-state index contributed by atoms with van der Waals surface area (Å²) in [6.45, 7) is 7.94. The molecule has 0 spiro atoms.